The topological polar surface area (TPSA) is 85.7 Å². The smallest absolute Gasteiger partial charge is 0.406 e. The highest BCUT2D eigenvalue weighted by atomic mass is 32.1. The monoisotopic (exact) mass is 474 g/mol. The molecule has 2 aromatic heterocycles. The summed E-state index contributed by atoms with van der Waals surface area (Å²) >= 11 is 1.74. The molecule has 2 fully saturated rings. The van der Waals surface area contributed by atoms with Gasteiger partial charge in [-0.1, -0.05) is 0 Å². The third-order valence-corrected chi connectivity index (χ3v) is 7.81. The summed E-state index contributed by atoms with van der Waals surface area (Å²) < 4.78 is 12.4. The number of aryl methyl sites for hydroxylation is 2. The van der Waals surface area contributed by atoms with Gasteiger partial charge in [0.05, 0.1) is 23.7 Å². The van der Waals surface area contributed by atoms with Crippen molar-refractivity contribution in [3.63, 3.8) is 0 Å². The van der Waals surface area contributed by atoms with Crippen LogP contribution in [0.4, 0.5) is 4.79 Å². The van der Waals surface area contributed by atoms with Gasteiger partial charge in [0.15, 0.2) is 0 Å². The molecule has 2 aromatic rings. The van der Waals surface area contributed by atoms with Crippen LogP contribution < -0.4 is 5.32 Å². The van der Waals surface area contributed by atoms with E-state index in [0.29, 0.717) is 19.2 Å². The number of carbonyl (C=O) groups excluding carboxylic acids is 2. The summed E-state index contributed by atoms with van der Waals surface area (Å²) in [6, 6.07) is 4.57. The second-order valence-electron chi connectivity index (χ2n) is 8.87. The predicted molar refractivity (Wildman–Crippen MR) is 127 cm³/mol. The molecule has 8 nitrogen and oxygen atoms in total. The van der Waals surface area contributed by atoms with Gasteiger partial charge in [-0.05, 0) is 69.6 Å². The summed E-state index contributed by atoms with van der Waals surface area (Å²) in [6.45, 7) is 3.36. The third kappa shape index (κ3) is 5.58. The standard InChI is InChI=1S/C24H34N4O4S/c1-16(28(18-9-10-18)23(29)20-8-4-5-14-32-20)21-15-17(7-6-12-25-24(30)31-3)22(33-21)19-11-13-26-27(19)2/h11,13,15-16,18,20H,4-10,12,14H2,1-3H3,(H,25,30)/t16-,20-/m1/s1. The highest BCUT2D eigenvalue weighted by molar-refractivity contribution is 7.15. The van der Waals surface area contributed by atoms with E-state index in [-0.39, 0.29) is 18.1 Å². The Hall–Kier alpha value is -2.39. The van der Waals surface area contributed by atoms with Crippen molar-refractivity contribution < 1.29 is 19.1 Å². The van der Waals surface area contributed by atoms with E-state index < -0.39 is 6.09 Å². The fourth-order valence-corrected chi connectivity index (χ4v) is 5.79. The van der Waals surface area contributed by atoms with Crippen LogP contribution in [-0.4, -0.2) is 59.1 Å². The predicted octanol–water partition coefficient (Wildman–Crippen LogP) is 4.06. The number of carbonyl (C=O) groups is 2. The zero-order valence-corrected chi connectivity index (χ0v) is 20.5. The molecule has 0 unspecified atom stereocenters. The number of amides is 2. The van der Waals surface area contributed by atoms with Crippen molar-refractivity contribution in [2.75, 3.05) is 20.3 Å². The number of rotatable bonds is 9. The maximum Gasteiger partial charge on any atom is 0.406 e. The molecule has 1 N–H and O–H groups in total. The van der Waals surface area contributed by atoms with Crippen molar-refractivity contribution in [2.24, 2.45) is 7.05 Å². The minimum atomic E-state index is -0.412. The fraction of sp³-hybridized carbons (Fsp3) is 0.625. The first kappa shape index (κ1) is 23.8. The fourth-order valence-electron chi connectivity index (χ4n) is 4.48. The van der Waals surface area contributed by atoms with Crippen LogP contribution in [0, 0.1) is 0 Å². The van der Waals surface area contributed by atoms with Gasteiger partial charge in [0.1, 0.15) is 6.10 Å². The lowest BCUT2D eigenvalue weighted by Crippen LogP contribution is -2.44. The summed E-state index contributed by atoms with van der Waals surface area (Å²) in [6.07, 6.45) is 7.74. The number of ether oxygens (including phenoxy) is 2. The summed E-state index contributed by atoms with van der Waals surface area (Å²) in [4.78, 5) is 29.2. The molecule has 33 heavy (non-hydrogen) atoms. The molecule has 3 heterocycles. The average molecular weight is 475 g/mol. The number of hydrogen-bond acceptors (Lipinski definition) is 6. The van der Waals surface area contributed by atoms with E-state index in [4.69, 9.17) is 4.74 Å². The Bertz CT molecular complexity index is 962. The molecule has 0 aromatic carbocycles. The van der Waals surface area contributed by atoms with Gasteiger partial charge in [-0.25, -0.2) is 4.79 Å². The van der Waals surface area contributed by atoms with Crippen LogP contribution in [0.5, 0.6) is 0 Å². The van der Waals surface area contributed by atoms with Crippen molar-refractivity contribution >= 4 is 23.3 Å². The molecular formula is C24H34N4O4S. The zero-order valence-electron chi connectivity index (χ0n) is 19.7. The quantitative estimate of drug-likeness (QED) is 0.554. The molecule has 1 aliphatic heterocycles. The van der Waals surface area contributed by atoms with Gasteiger partial charge in [0.2, 0.25) is 0 Å². The van der Waals surface area contributed by atoms with E-state index in [1.807, 2.05) is 17.8 Å². The number of alkyl carbamates (subject to hydrolysis) is 1. The van der Waals surface area contributed by atoms with Crippen LogP contribution in [0.3, 0.4) is 0 Å². The lowest BCUT2D eigenvalue weighted by atomic mass is 10.0. The molecule has 0 radical (unpaired) electrons. The Morgan fingerprint density at radius 3 is 2.82 bits per heavy atom. The normalized spacial score (nSPS) is 19.2. The molecule has 1 aliphatic carbocycles. The van der Waals surface area contributed by atoms with Gasteiger partial charge in [0, 0.05) is 37.3 Å². The SMILES string of the molecule is COC(=O)NCCCc1cc([C@@H](C)N(C(=O)[C@H]2CCCCO2)C2CC2)sc1-c1ccnn1C. The molecule has 2 aliphatic rings. The molecular weight excluding hydrogens is 440 g/mol. The van der Waals surface area contributed by atoms with Crippen molar-refractivity contribution in [2.45, 2.75) is 70.1 Å². The van der Waals surface area contributed by atoms with Crippen LogP contribution in [-0.2, 0) is 27.7 Å². The molecule has 9 heteroatoms. The molecule has 180 valence electrons. The van der Waals surface area contributed by atoms with Crippen molar-refractivity contribution in [1.29, 1.82) is 0 Å². The van der Waals surface area contributed by atoms with E-state index in [1.165, 1.54) is 22.4 Å². The number of methoxy groups -OCH3 is 1. The van der Waals surface area contributed by atoms with Crippen LogP contribution in [0.25, 0.3) is 10.6 Å². The van der Waals surface area contributed by atoms with Crippen molar-refractivity contribution in [3.8, 4) is 10.6 Å². The highest BCUT2D eigenvalue weighted by Crippen LogP contribution is 2.42. The minimum Gasteiger partial charge on any atom is -0.453 e. The Morgan fingerprint density at radius 1 is 1.36 bits per heavy atom. The summed E-state index contributed by atoms with van der Waals surface area (Å²) in [5.41, 5.74) is 2.28. The lowest BCUT2D eigenvalue weighted by molar-refractivity contribution is -0.149. The molecule has 1 saturated heterocycles. The van der Waals surface area contributed by atoms with E-state index in [1.54, 1.807) is 17.5 Å². The van der Waals surface area contributed by atoms with Crippen LogP contribution in [0.15, 0.2) is 18.3 Å². The van der Waals surface area contributed by atoms with Gasteiger partial charge in [-0.15, -0.1) is 11.3 Å². The number of nitrogens with zero attached hydrogens (tertiary/aromatic N) is 3. The van der Waals surface area contributed by atoms with Gasteiger partial charge < -0.3 is 19.7 Å². The van der Waals surface area contributed by atoms with E-state index in [2.05, 4.69) is 33.0 Å². The van der Waals surface area contributed by atoms with Crippen LogP contribution in [0.1, 0.15) is 61.9 Å². The molecule has 1 saturated carbocycles. The molecule has 2 atom stereocenters. The lowest BCUT2D eigenvalue weighted by Gasteiger charge is -2.33. The number of aromatic nitrogens is 2. The van der Waals surface area contributed by atoms with E-state index in [9.17, 15) is 9.59 Å². The summed E-state index contributed by atoms with van der Waals surface area (Å²) in [7, 11) is 3.31. The zero-order chi connectivity index (χ0) is 23.4. The third-order valence-electron chi connectivity index (χ3n) is 6.44. The number of nitrogens with one attached hydrogen (secondary N) is 1. The molecule has 0 bridgehead atoms. The van der Waals surface area contributed by atoms with Crippen LogP contribution >= 0.6 is 11.3 Å². The van der Waals surface area contributed by atoms with Gasteiger partial charge in [0.25, 0.3) is 5.91 Å². The first-order valence-electron chi connectivity index (χ1n) is 11.9. The number of thiophene rings is 1. The number of hydrogen-bond donors (Lipinski definition) is 1. The van der Waals surface area contributed by atoms with E-state index in [0.717, 1.165) is 50.6 Å². The van der Waals surface area contributed by atoms with Crippen molar-refractivity contribution in [3.05, 3.63) is 28.8 Å². The summed E-state index contributed by atoms with van der Waals surface area (Å²) in [5.74, 6) is 0.143. The largest absolute Gasteiger partial charge is 0.453 e. The minimum absolute atomic E-state index is 0.00514. The Balaban J connectivity index is 1.55. The first-order chi connectivity index (χ1) is 16.0. The van der Waals surface area contributed by atoms with Gasteiger partial charge in [-0.3, -0.25) is 9.48 Å². The summed E-state index contributed by atoms with van der Waals surface area (Å²) in [5, 5.41) is 7.10. The van der Waals surface area contributed by atoms with Crippen LogP contribution in [0.2, 0.25) is 0 Å². The van der Waals surface area contributed by atoms with E-state index >= 15 is 0 Å². The maximum atomic E-state index is 13.4. The molecule has 0 spiro atoms. The second kappa shape index (κ2) is 10.7. The first-order valence-corrected chi connectivity index (χ1v) is 12.7. The molecule has 4 rings (SSSR count). The van der Waals surface area contributed by atoms with Gasteiger partial charge >= 0.3 is 6.09 Å². The maximum absolute atomic E-state index is 13.4. The van der Waals surface area contributed by atoms with Crippen molar-refractivity contribution in [1.82, 2.24) is 20.0 Å². The Kier molecular flexibility index (Phi) is 7.70. The highest BCUT2D eigenvalue weighted by Gasteiger charge is 2.40. The average Bonchev–Trinajstić information content (AvgIpc) is 3.43. The molecule has 2 amide bonds. The Labute approximate surface area is 199 Å². The second-order valence-corrected chi connectivity index (χ2v) is 9.96. The van der Waals surface area contributed by atoms with Gasteiger partial charge in [-0.2, -0.15) is 5.10 Å². The Morgan fingerprint density at radius 2 is 2.18 bits per heavy atom.